The van der Waals surface area contributed by atoms with Crippen LogP contribution in [0.15, 0.2) is 21.5 Å². The van der Waals surface area contributed by atoms with Gasteiger partial charge < -0.3 is 14.6 Å². The van der Waals surface area contributed by atoms with Crippen molar-refractivity contribution in [1.82, 2.24) is 0 Å². The molecular formula is C7H9NO3. The second-order valence-corrected chi connectivity index (χ2v) is 2.02. The van der Waals surface area contributed by atoms with Crippen LogP contribution in [0.2, 0.25) is 0 Å². The second kappa shape index (κ2) is 3.32. The fourth-order valence-electron chi connectivity index (χ4n) is 0.708. The van der Waals surface area contributed by atoms with E-state index in [9.17, 15) is 0 Å². The molecule has 1 unspecified atom stereocenters. The van der Waals surface area contributed by atoms with E-state index in [1.807, 2.05) is 0 Å². The van der Waals surface area contributed by atoms with Crippen LogP contribution in [0.5, 0.6) is 0 Å². The highest BCUT2D eigenvalue weighted by molar-refractivity contribution is 5.25. The van der Waals surface area contributed by atoms with Gasteiger partial charge in [-0.15, -0.1) is 0 Å². The van der Waals surface area contributed by atoms with Gasteiger partial charge in [0.05, 0.1) is 0 Å². The molecule has 0 aliphatic heterocycles. The van der Waals surface area contributed by atoms with Gasteiger partial charge in [-0.25, -0.2) is 0 Å². The largest absolute Gasteiger partial charge is 0.459 e. The first-order valence-electron chi connectivity index (χ1n) is 3.11. The molecule has 1 aromatic rings. The van der Waals surface area contributed by atoms with Crippen LogP contribution in [0.3, 0.4) is 0 Å². The van der Waals surface area contributed by atoms with Gasteiger partial charge in [-0.05, 0) is 18.9 Å². The summed E-state index contributed by atoms with van der Waals surface area (Å²) >= 11 is 0. The fourth-order valence-corrected chi connectivity index (χ4v) is 0.708. The van der Waals surface area contributed by atoms with Gasteiger partial charge >= 0.3 is 0 Å². The molecule has 0 radical (unpaired) electrons. The number of aliphatic imine (C=N–C) groups is 1. The first-order chi connectivity index (χ1) is 5.27. The molecule has 2 N–H and O–H groups in total. The maximum absolute atomic E-state index is 9.03. The molecule has 60 valence electrons. The first-order valence-corrected chi connectivity index (χ1v) is 3.11. The standard InChI is InChI=1S/C7H9NO3/c1-8-7(10)6-3-2-5(4-9)11-6/h2-3,7,9-10H,1,4H2. The van der Waals surface area contributed by atoms with Gasteiger partial charge in [0, 0.05) is 0 Å². The number of hydrogen-bond donors (Lipinski definition) is 2. The molecule has 4 heteroatoms. The molecule has 1 atom stereocenters. The Labute approximate surface area is 63.8 Å². The van der Waals surface area contributed by atoms with Gasteiger partial charge in [0.15, 0.2) is 5.76 Å². The molecule has 0 saturated carbocycles. The Balaban J connectivity index is 2.79. The van der Waals surface area contributed by atoms with E-state index in [0.29, 0.717) is 11.5 Å². The third-order valence-electron chi connectivity index (χ3n) is 1.27. The number of furan rings is 1. The zero-order chi connectivity index (χ0) is 8.27. The van der Waals surface area contributed by atoms with Crippen molar-refractivity contribution in [3.63, 3.8) is 0 Å². The van der Waals surface area contributed by atoms with E-state index in [4.69, 9.17) is 14.6 Å². The van der Waals surface area contributed by atoms with Crippen molar-refractivity contribution < 1.29 is 14.6 Å². The Morgan fingerprint density at radius 2 is 2.36 bits per heavy atom. The van der Waals surface area contributed by atoms with Crippen molar-refractivity contribution in [3.05, 3.63) is 23.7 Å². The Morgan fingerprint density at radius 3 is 2.82 bits per heavy atom. The normalized spacial score (nSPS) is 12.9. The molecule has 1 aromatic heterocycles. The Hall–Kier alpha value is -1.13. The van der Waals surface area contributed by atoms with E-state index in [0.717, 1.165) is 0 Å². The average Bonchev–Trinajstić information content (AvgIpc) is 2.50. The van der Waals surface area contributed by atoms with E-state index < -0.39 is 6.23 Å². The van der Waals surface area contributed by atoms with Crippen LogP contribution >= 0.6 is 0 Å². The van der Waals surface area contributed by atoms with Gasteiger partial charge in [0.1, 0.15) is 12.4 Å². The van der Waals surface area contributed by atoms with Crippen molar-refractivity contribution in [2.24, 2.45) is 4.99 Å². The van der Waals surface area contributed by atoms with Gasteiger partial charge in [0.25, 0.3) is 0 Å². The maximum Gasteiger partial charge on any atom is 0.203 e. The zero-order valence-electron chi connectivity index (χ0n) is 5.90. The molecule has 0 aromatic carbocycles. The Bertz CT molecular complexity index is 244. The average molecular weight is 155 g/mol. The summed E-state index contributed by atoms with van der Waals surface area (Å²) in [7, 11) is 0. The van der Waals surface area contributed by atoms with Gasteiger partial charge in [-0.3, -0.25) is 4.99 Å². The van der Waals surface area contributed by atoms with E-state index in [1.165, 1.54) is 0 Å². The summed E-state index contributed by atoms with van der Waals surface area (Å²) < 4.78 is 4.95. The van der Waals surface area contributed by atoms with Crippen molar-refractivity contribution in [1.29, 1.82) is 0 Å². The van der Waals surface area contributed by atoms with Crippen molar-refractivity contribution in [2.45, 2.75) is 12.8 Å². The SMILES string of the molecule is C=NC(O)c1ccc(CO)o1. The smallest absolute Gasteiger partial charge is 0.203 e. The Kier molecular flexibility index (Phi) is 2.40. The molecule has 0 aliphatic rings. The topological polar surface area (TPSA) is 66.0 Å². The highest BCUT2D eigenvalue weighted by Gasteiger charge is 2.08. The van der Waals surface area contributed by atoms with Gasteiger partial charge in [0.2, 0.25) is 6.23 Å². The molecule has 0 fully saturated rings. The molecule has 4 nitrogen and oxygen atoms in total. The van der Waals surface area contributed by atoms with Crippen LogP contribution in [0, 0.1) is 0 Å². The van der Waals surface area contributed by atoms with Crippen LogP contribution in [0.25, 0.3) is 0 Å². The molecular weight excluding hydrogens is 146 g/mol. The summed E-state index contributed by atoms with van der Waals surface area (Å²) in [5.74, 6) is 0.701. The molecule has 0 aliphatic carbocycles. The predicted molar refractivity (Wildman–Crippen MR) is 39.1 cm³/mol. The van der Waals surface area contributed by atoms with Gasteiger partial charge in [-0.1, -0.05) is 0 Å². The summed E-state index contributed by atoms with van der Waals surface area (Å²) in [4.78, 5) is 3.34. The lowest BCUT2D eigenvalue weighted by atomic mass is 10.4. The van der Waals surface area contributed by atoms with E-state index >= 15 is 0 Å². The van der Waals surface area contributed by atoms with E-state index in [-0.39, 0.29) is 6.61 Å². The van der Waals surface area contributed by atoms with E-state index in [2.05, 4.69) is 11.7 Å². The second-order valence-electron chi connectivity index (χ2n) is 2.02. The summed E-state index contributed by atoms with van der Waals surface area (Å²) in [6.07, 6.45) is -1.03. The lowest BCUT2D eigenvalue weighted by Crippen LogP contribution is -1.88. The monoisotopic (exact) mass is 155 g/mol. The molecule has 11 heavy (non-hydrogen) atoms. The highest BCUT2D eigenvalue weighted by atomic mass is 16.4. The zero-order valence-corrected chi connectivity index (χ0v) is 5.90. The van der Waals surface area contributed by atoms with E-state index in [1.54, 1.807) is 12.1 Å². The third-order valence-corrected chi connectivity index (χ3v) is 1.27. The lowest BCUT2D eigenvalue weighted by Gasteiger charge is -1.97. The highest BCUT2D eigenvalue weighted by Crippen LogP contribution is 2.16. The number of aliphatic hydroxyl groups excluding tert-OH is 2. The number of nitrogens with zero attached hydrogens (tertiary/aromatic N) is 1. The molecule has 0 amide bonds. The first kappa shape index (κ1) is 7.97. The van der Waals surface area contributed by atoms with Gasteiger partial charge in [-0.2, -0.15) is 0 Å². The maximum atomic E-state index is 9.03. The van der Waals surface area contributed by atoms with Crippen LogP contribution in [0.1, 0.15) is 17.7 Å². The van der Waals surface area contributed by atoms with Crippen LogP contribution in [0.4, 0.5) is 0 Å². The lowest BCUT2D eigenvalue weighted by molar-refractivity contribution is 0.152. The summed E-state index contributed by atoms with van der Waals surface area (Å²) in [6.45, 7) is 2.97. The fraction of sp³-hybridized carbons (Fsp3) is 0.286. The molecule has 1 heterocycles. The van der Waals surface area contributed by atoms with Crippen LogP contribution in [-0.2, 0) is 6.61 Å². The molecule has 0 spiro atoms. The minimum atomic E-state index is -1.03. The van der Waals surface area contributed by atoms with Crippen molar-refractivity contribution in [2.75, 3.05) is 0 Å². The van der Waals surface area contributed by atoms with Crippen LogP contribution in [-0.4, -0.2) is 16.9 Å². The van der Waals surface area contributed by atoms with Crippen LogP contribution < -0.4 is 0 Å². The number of aliphatic hydroxyl groups is 2. The Morgan fingerprint density at radius 1 is 1.64 bits per heavy atom. The summed E-state index contributed by atoms with van der Waals surface area (Å²) in [6, 6.07) is 3.12. The summed E-state index contributed by atoms with van der Waals surface area (Å²) in [5, 5.41) is 17.6. The van der Waals surface area contributed by atoms with Crippen molar-refractivity contribution in [3.8, 4) is 0 Å². The van der Waals surface area contributed by atoms with Crippen molar-refractivity contribution >= 4 is 6.72 Å². The molecule has 0 saturated heterocycles. The molecule has 1 rings (SSSR count). The number of rotatable bonds is 3. The quantitative estimate of drug-likeness (QED) is 0.623. The minimum Gasteiger partial charge on any atom is -0.459 e. The summed E-state index contributed by atoms with van der Waals surface area (Å²) in [5.41, 5.74) is 0. The minimum absolute atomic E-state index is 0.177. The predicted octanol–water partition coefficient (Wildman–Crippen LogP) is 0.463. The third kappa shape index (κ3) is 1.66. The number of hydrogen-bond acceptors (Lipinski definition) is 4. The molecule has 0 bridgehead atoms.